The number of benzene rings is 1. The van der Waals surface area contributed by atoms with E-state index in [9.17, 15) is 4.79 Å². The summed E-state index contributed by atoms with van der Waals surface area (Å²) in [6, 6.07) is 10.9. The minimum atomic E-state index is -0.551. The van der Waals surface area contributed by atoms with Gasteiger partial charge in [-0.2, -0.15) is 9.78 Å². The van der Waals surface area contributed by atoms with Gasteiger partial charge in [0.2, 0.25) is 11.6 Å². The molecule has 0 bridgehead atoms. The van der Waals surface area contributed by atoms with Crippen LogP contribution in [-0.2, 0) is 0 Å². The Morgan fingerprint density at radius 2 is 2.06 bits per heavy atom. The maximum Gasteiger partial charge on any atom is 0.294 e. The predicted octanol–water partition coefficient (Wildman–Crippen LogP) is 3.28. The minimum Gasteiger partial charge on any atom is -0.494 e. The van der Waals surface area contributed by atoms with E-state index in [1.165, 1.54) is 16.0 Å². The number of nitrogens with one attached hydrogen (secondary N) is 1. The molecule has 3 heterocycles. The van der Waals surface area contributed by atoms with E-state index in [2.05, 4.69) is 51.7 Å². The molecule has 1 amide bonds. The highest BCUT2D eigenvalue weighted by Gasteiger charge is 2.25. The van der Waals surface area contributed by atoms with Crippen LogP contribution in [0.5, 0.6) is 5.75 Å². The van der Waals surface area contributed by atoms with Crippen LogP contribution in [0.1, 0.15) is 29.2 Å². The molecule has 0 fully saturated rings. The van der Waals surface area contributed by atoms with Gasteiger partial charge in [0.1, 0.15) is 11.4 Å². The molecule has 0 saturated heterocycles. The maximum atomic E-state index is 13.0. The van der Waals surface area contributed by atoms with Gasteiger partial charge in [-0.1, -0.05) is 5.21 Å². The van der Waals surface area contributed by atoms with E-state index in [1.807, 2.05) is 19.1 Å². The van der Waals surface area contributed by atoms with Crippen molar-refractivity contribution in [2.24, 2.45) is 5.10 Å². The summed E-state index contributed by atoms with van der Waals surface area (Å²) in [6.45, 7) is 4.23. The number of thiophene rings is 1. The number of carbonyl (C=O) groups excluding carboxylic acids is 1. The molecule has 3 aromatic heterocycles. The van der Waals surface area contributed by atoms with Crippen LogP contribution in [0.2, 0.25) is 0 Å². The minimum absolute atomic E-state index is 0.00572. The second kappa shape index (κ2) is 9.28. The molecule has 0 aliphatic heterocycles. The van der Waals surface area contributed by atoms with Crippen LogP contribution >= 0.6 is 27.3 Å². The predicted molar refractivity (Wildman–Crippen MR) is 122 cm³/mol. The second-order valence-corrected chi connectivity index (χ2v) is 8.83. The van der Waals surface area contributed by atoms with Crippen molar-refractivity contribution in [1.29, 1.82) is 0 Å². The zero-order valence-corrected chi connectivity index (χ0v) is 19.3. The molecule has 0 spiro atoms. The molecule has 164 valence electrons. The molecule has 13 heteroatoms. The molecule has 1 aromatic carbocycles. The van der Waals surface area contributed by atoms with Crippen LogP contribution in [0.3, 0.4) is 0 Å². The zero-order chi connectivity index (χ0) is 22.7. The van der Waals surface area contributed by atoms with Gasteiger partial charge in [0.15, 0.2) is 5.69 Å². The summed E-state index contributed by atoms with van der Waals surface area (Å²) in [4.78, 5) is 13.9. The number of nitrogens with zero attached hydrogens (tertiary/aromatic N) is 6. The topological polar surface area (TPSA) is 146 Å². The van der Waals surface area contributed by atoms with Gasteiger partial charge in [0.25, 0.3) is 5.91 Å². The lowest BCUT2D eigenvalue weighted by Crippen LogP contribution is -2.20. The first kappa shape index (κ1) is 21.6. The van der Waals surface area contributed by atoms with Crippen molar-refractivity contribution in [3.8, 4) is 22.8 Å². The van der Waals surface area contributed by atoms with Gasteiger partial charge < -0.3 is 10.5 Å². The Bertz CT molecular complexity index is 1280. The number of hydrogen-bond donors (Lipinski definition) is 2. The fourth-order valence-corrected chi connectivity index (χ4v) is 4.14. The van der Waals surface area contributed by atoms with Crippen molar-refractivity contribution in [3.05, 3.63) is 50.8 Å². The SMILES string of the molecule is CCOc1ccc(-c2c(C(=O)N/N=C(/C)c3ccc(Br)s3)nnn2-c2nonc2N)cc1. The van der Waals surface area contributed by atoms with E-state index in [-0.39, 0.29) is 17.3 Å². The molecule has 4 aromatic rings. The summed E-state index contributed by atoms with van der Waals surface area (Å²) in [5.41, 5.74) is 10.0. The van der Waals surface area contributed by atoms with Gasteiger partial charge in [-0.3, -0.25) is 4.79 Å². The first-order valence-corrected chi connectivity index (χ1v) is 11.0. The Balaban J connectivity index is 1.71. The Morgan fingerprint density at radius 3 is 2.69 bits per heavy atom. The second-order valence-electron chi connectivity index (χ2n) is 6.37. The highest BCUT2D eigenvalue weighted by Crippen LogP contribution is 2.28. The van der Waals surface area contributed by atoms with Crippen molar-refractivity contribution in [3.63, 3.8) is 0 Å². The summed E-state index contributed by atoms with van der Waals surface area (Å²) < 4.78 is 12.4. The van der Waals surface area contributed by atoms with E-state index in [0.717, 1.165) is 8.66 Å². The van der Waals surface area contributed by atoms with Crippen LogP contribution in [0.25, 0.3) is 17.1 Å². The van der Waals surface area contributed by atoms with Gasteiger partial charge in [-0.25, -0.2) is 10.1 Å². The third-order valence-electron chi connectivity index (χ3n) is 4.28. The molecule has 4 rings (SSSR count). The lowest BCUT2D eigenvalue weighted by atomic mass is 10.1. The largest absolute Gasteiger partial charge is 0.494 e. The van der Waals surface area contributed by atoms with Crippen molar-refractivity contribution < 1.29 is 14.2 Å². The number of hydrazone groups is 1. The average Bonchev–Trinajstić information content (AvgIpc) is 3.52. The fourth-order valence-electron chi connectivity index (χ4n) is 2.81. The smallest absolute Gasteiger partial charge is 0.294 e. The van der Waals surface area contributed by atoms with Crippen LogP contribution in [0, 0.1) is 0 Å². The molecule has 0 aliphatic rings. The number of halogens is 1. The highest BCUT2D eigenvalue weighted by molar-refractivity contribution is 9.11. The number of rotatable bonds is 7. The molecule has 11 nitrogen and oxygen atoms in total. The van der Waals surface area contributed by atoms with E-state index in [4.69, 9.17) is 10.5 Å². The quantitative estimate of drug-likeness (QED) is 0.281. The summed E-state index contributed by atoms with van der Waals surface area (Å²) in [5, 5.41) is 19.6. The summed E-state index contributed by atoms with van der Waals surface area (Å²) in [5.74, 6) is 0.256. The van der Waals surface area contributed by atoms with Crippen molar-refractivity contribution in [2.45, 2.75) is 13.8 Å². The van der Waals surface area contributed by atoms with Gasteiger partial charge in [0.05, 0.1) is 21.0 Å². The summed E-state index contributed by atoms with van der Waals surface area (Å²) in [6.07, 6.45) is 0. The molecular weight excluding hydrogens is 500 g/mol. The summed E-state index contributed by atoms with van der Waals surface area (Å²) >= 11 is 4.92. The molecular formula is C19H17BrN8O3S. The third kappa shape index (κ3) is 4.38. The van der Waals surface area contributed by atoms with E-state index in [1.54, 1.807) is 31.2 Å². The van der Waals surface area contributed by atoms with Crippen LogP contribution in [0.15, 0.2) is 49.9 Å². The van der Waals surface area contributed by atoms with Crippen LogP contribution < -0.4 is 15.9 Å². The lowest BCUT2D eigenvalue weighted by Gasteiger charge is -2.08. The van der Waals surface area contributed by atoms with E-state index in [0.29, 0.717) is 29.3 Å². The van der Waals surface area contributed by atoms with Crippen LogP contribution in [-0.4, -0.2) is 43.5 Å². The molecule has 0 saturated carbocycles. The molecule has 0 aliphatic carbocycles. The third-order valence-corrected chi connectivity index (χ3v) is 6.01. The number of nitrogen functional groups attached to an aromatic ring is 1. The molecule has 0 radical (unpaired) electrons. The maximum absolute atomic E-state index is 13.0. The number of nitrogens with two attached hydrogens (primary N) is 1. The van der Waals surface area contributed by atoms with Gasteiger partial charge in [-0.05, 0) is 76.5 Å². The first-order valence-electron chi connectivity index (χ1n) is 9.35. The van der Waals surface area contributed by atoms with Crippen molar-refractivity contribution in [1.82, 2.24) is 30.7 Å². The highest BCUT2D eigenvalue weighted by atomic mass is 79.9. The fraction of sp³-hybridized carbons (Fsp3) is 0.158. The Hall–Kier alpha value is -3.58. The Morgan fingerprint density at radius 1 is 1.28 bits per heavy atom. The van der Waals surface area contributed by atoms with Gasteiger partial charge in [-0.15, -0.1) is 16.4 Å². The monoisotopic (exact) mass is 516 g/mol. The Kier molecular flexibility index (Phi) is 6.28. The standard InChI is InChI=1S/C19H17BrN8O3S/c1-3-30-12-6-4-11(5-7-12)16-15(23-27-28(16)18-17(21)25-31-26-18)19(29)24-22-10(2)13-8-9-14(20)32-13/h4-9H,3H2,1-2H3,(H2,21,25)(H,24,29)/b22-10-. The van der Waals surface area contributed by atoms with E-state index < -0.39 is 5.91 Å². The number of ether oxygens (including phenoxy) is 1. The summed E-state index contributed by atoms with van der Waals surface area (Å²) in [7, 11) is 0. The van der Waals surface area contributed by atoms with Gasteiger partial charge >= 0.3 is 0 Å². The number of amides is 1. The molecule has 0 atom stereocenters. The van der Waals surface area contributed by atoms with E-state index >= 15 is 0 Å². The normalized spacial score (nSPS) is 11.5. The first-order chi connectivity index (χ1) is 15.5. The van der Waals surface area contributed by atoms with Crippen molar-refractivity contribution in [2.75, 3.05) is 12.3 Å². The zero-order valence-electron chi connectivity index (χ0n) is 16.9. The molecule has 3 N–H and O–H groups in total. The molecule has 0 unspecified atom stereocenters. The number of aromatic nitrogens is 5. The Labute approximate surface area is 194 Å². The van der Waals surface area contributed by atoms with Crippen molar-refractivity contribution >= 4 is 44.7 Å². The number of carbonyl (C=O) groups is 1. The van der Waals surface area contributed by atoms with Gasteiger partial charge in [0, 0.05) is 5.56 Å². The lowest BCUT2D eigenvalue weighted by molar-refractivity contribution is 0.0950. The number of anilines is 1. The van der Waals surface area contributed by atoms with Crippen LogP contribution in [0.4, 0.5) is 5.82 Å². The number of hydrogen-bond acceptors (Lipinski definition) is 10. The average molecular weight is 517 g/mol. The molecule has 32 heavy (non-hydrogen) atoms.